The molecular formula is C10H10N4O3. The quantitative estimate of drug-likeness (QED) is 0.839. The van der Waals surface area contributed by atoms with Gasteiger partial charge in [-0.3, -0.25) is 0 Å². The summed E-state index contributed by atoms with van der Waals surface area (Å²) in [6, 6.07) is 5.34. The minimum absolute atomic E-state index is 0.256. The third-order valence-electron chi connectivity index (χ3n) is 2.22. The van der Waals surface area contributed by atoms with Crippen LogP contribution in [0.4, 0.5) is 0 Å². The first kappa shape index (κ1) is 11.1. The monoisotopic (exact) mass is 234 g/mol. The van der Waals surface area contributed by atoms with Crippen LogP contribution in [0.2, 0.25) is 0 Å². The number of hydrogen-bond acceptors (Lipinski definition) is 5. The number of hydrogen-bond donors (Lipinski definition) is 1. The molecule has 1 aromatic heterocycles. The van der Waals surface area contributed by atoms with Crippen molar-refractivity contribution in [1.29, 1.82) is 0 Å². The minimum atomic E-state index is -1.20. The highest BCUT2D eigenvalue weighted by Gasteiger charge is 2.18. The van der Waals surface area contributed by atoms with Crippen LogP contribution in [0, 0.1) is 6.92 Å². The number of carbonyl (C=O) groups is 1. The molecular weight excluding hydrogens is 224 g/mol. The molecule has 0 amide bonds. The number of aromatic carboxylic acids is 1. The van der Waals surface area contributed by atoms with E-state index in [4.69, 9.17) is 9.84 Å². The zero-order chi connectivity index (χ0) is 12.4. The molecule has 0 aliphatic rings. The molecule has 0 unspecified atom stereocenters. The molecule has 0 aliphatic carbocycles. The Hall–Kier alpha value is -2.44. The van der Waals surface area contributed by atoms with E-state index in [2.05, 4.69) is 15.5 Å². The third-order valence-corrected chi connectivity index (χ3v) is 2.22. The van der Waals surface area contributed by atoms with Gasteiger partial charge in [-0.05, 0) is 35.0 Å². The van der Waals surface area contributed by atoms with Crippen molar-refractivity contribution in [2.24, 2.45) is 0 Å². The van der Waals surface area contributed by atoms with Crippen LogP contribution in [0.25, 0.3) is 5.69 Å². The van der Waals surface area contributed by atoms with E-state index in [1.54, 1.807) is 12.1 Å². The lowest BCUT2D eigenvalue weighted by Gasteiger charge is -2.08. The van der Waals surface area contributed by atoms with Gasteiger partial charge >= 0.3 is 5.97 Å². The maximum absolute atomic E-state index is 10.9. The molecule has 88 valence electrons. The molecule has 1 N–H and O–H groups in total. The Morgan fingerprint density at radius 2 is 2.24 bits per heavy atom. The summed E-state index contributed by atoms with van der Waals surface area (Å²) in [7, 11) is 1.50. The van der Waals surface area contributed by atoms with Crippen molar-refractivity contribution >= 4 is 5.97 Å². The van der Waals surface area contributed by atoms with Crippen molar-refractivity contribution < 1.29 is 14.6 Å². The van der Waals surface area contributed by atoms with E-state index in [-0.39, 0.29) is 5.82 Å². The molecule has 1 aromatic carbocycles. The minimum Gasteiger partial charge on any atom is -0.494 e. The Balaban J connectivity index is 2.63. The molecule has 7 nitrogen and oxygen atoms in total. The Labute approximate surface area is 96.6 Å². The number of rotatable bonds is 3. The second-order valence-corrected chi connectivity index (χ2v) is 3.39. The topological polar surface area (TPSA) is 90.1 Å². The number of benzene rings is 1. The average molecular weight is 234 g/mol. The third kappa shape index (κ3) is 1.94. The highest BCUT2D eigenvalue weighted by atomic mass is 16.5. The first-order valence-corrected chi connectivity index (χ1v) is 4.80. The van der Waals surface area contributed by atoms with E-state index in [1.165, 1.54) is 7.11 Å². The predicted octanol–water partition coefficient (Wildman–Crippen LogP) is 0.678. The van der Waals surface area contributed by atoms with Crippen LogP contribution >= 0.6 is 0 Å². The lowest BCUT2D eigenvalue weighted by atomic mass is 10.2. The SMILES string of the molecule is COc1ccc(C)cc1-n1nnnc1C(=O)O. The van der Waals surface area contributed by atoms with Gasteiger partial charge in [-0.2, -0.15) is 4.68 Å². The molecule has 7 heteroatoms. The zero-order valence-corrected chi connectivity index (χ0v) is 9.28. The number of ether oxygens (including phenoxy) is 1. The van der Waals surface area contributed by atoms with E-state index < -0.39 is 5.97 Å². The first-order chi connectivity index (χ1) is 8.13. The lowest BCUT2D eigenvalue weighted by Crippen LogP contribution is -2.10. The van der Waals surface area contributed by atoms with Crippen molar-refractivity contribution in [2.45, 2.75) is 6.92 Å². The summed E-state index contributed by atoms with van der Waals surface area (Å²) >= 11 is 0. The van der Waals surface area contributed by atoms with Gasteiger partial charge in [0.1, 0.15) is 11.4 Å². The van der Waals surface area contributed by atoms with Crippen molar-refractivity contribution in [2.75, 3.05) is 7.11 Å². The highest BCUT2D eigenvalue weighted by molar-refractivity contribution is 5.84. The molecule has 0 saturated carbocycles. The fourth-order valence-electron chi connectivity index (χ4n) is 1.45. The van der Waals surface area contributed by atoms with Gasteiger partial charge in [0.15, 0.2) is 0 Å². The fraction of sp³-hybridized carbons (Fsp3) is 0.200. The second kappa shape index (κ2) is 4.20. The molecule has 0 spiro atoms. The van der Waals surface area contributed by atoms with Gasteiger partial charge in [-0.15, -0.1) is 5.10 Å². The van der Waals surface area contributed by atoms with Crippen LogP contribution in [-0.4, -0.2) is 38.4 Å². The molecule has 0 bridgehead atoms. The smallest absolute Gasteiger partial charge is 0.376 e. The average Bonchev–Trinajstić information content (AvgIpc) is 2.77. The number of methoxy groups -OCH3 is 1. The molecule has 2 aromatic rings. The van der Waals surface area contributed by atoms with Crippen molar-refractivity contribution in [3.05, 3.63) is 29.6 Å². The normalized spacial score (nSPS) is 10.2. The zero-order valence-electron chi connectivity index (χ0n) is 9.28. The van der Waals surface area contributed by atoms with Gasteiger partial charge in [-0.25, -0.2) is 4.79 Å². The van der Waals surface area contributed by atoms with Gasteiger partial charge < -0.3 is 9.84 Å². The van der Waals surface area contributed by atoms with Crippen LogP contribution < -0.4 is 4.74 Å². The Morgan fingerprint density at radius 3 is 2.88 bits per heavy atom. The largest absolute Gasteiger partial charge is 0.494 e. The number of aryl methyl sites for hydroxylation is 1. The molecule has 0 atom stereocenters. The molecule has 0 saturated heterocycles. The van der Waals surface area contributed by atoms with Crippen LogP contribution in [0.1, 0.15) is 16.2 Å². The van der Waals surface area contributed by atoms with Crippen molar-refractivity contribution in [3.8, 4) is 11.4 Å². The highest BCUT2D eigenvalue weighted by Crippen LogP contribution is 2.23. The second-order valence-electron chi connectivity index (χ2n) is 3.39. The van der Waals surface area contributed by atoms with Gasteiger partial charge in [0, 0.05) is 0 Å². The van der Waals surface area contributed by atoms with E-state index in [0.717, 1.165) is 10.2 Å². The fourth-order valence-corrected chi connectivity index (χ4v) is 1.45. The molecule has 1 heterocycles. The van der Waals surface area contributed by atoms with Crippen LogP contribution in [0.15, 0.2) is 18.2 Å². The molecule has 0 aliphatic heterocycles. The number of nitrogens with zero attached hydrogens (tertiary/aromatic N) is 4. The van der Waals surface area contributed by atoms with Gasteiger partial charge in [0.2, 0.25) is 0 Å². The van der Waals surface area contributed by atoms with E-state index in [1.807, 2.05) is 13.0 Å². The summed E-state index contributed by atoms with van der Waals surface area (Å²) in [6.45, 7) is 1.88. The molecule has 0 fully saturated rings. The summed E-state index contributed by atoms with van der Waals surface area (Å²) in [5.74, 6) is -0.946. The maximum atomic E-state index is 10.9. The summed E-state index contributed by atoms with van der Waals surface area (Å²) in [4.78, 5) is 10.9. The van der Waals surface area contributed by atoms with Gasteiger partial charge in [0.25, 0.3) is 5.82 Å². The standard InChI is InChI=1S/C10H10N4O3/c1-6-3-4-8(17-2)7(5-6)14-9(10(15)16)11-12-13-14/h3-5H,1-2H3,(H,15,16). The summed E-state index contributed by atoms with van der Waals surface area (Å²) in [5.41, 5.74) is 1.45. The number of carboxylic acids is 1. The molecule has 2 rings (SSSR count). The molecule has 0 radical (unpaired) electrons. The number of aromatic nitrogens is 4. The van der Waals surface area contributed by atoms with E-state index in [0.29, 0.717) is 11.4 Å². The van der Waals surface area contributed by atoms with E-state index >= 15 is 0 Å². The maximum Gasteiger partial charge on any atom is 0.376 e. The Morgan fingerprint density at radius 1 is 1.47 bits per heavy atom. The molecule has 17 heavy (non-hydrogen) atoms. The lowest BCUT2D eigenvalue weighted by molar-refractivity contribution is 0.0680. The number of carboxylic acid groups (broad SMARTS) is 1. The van der Waals surface area contributed by atoms with Gasteiger partial charge in [-0.1, -0.05) is 6.07 Å². The summed E-state index contributed by atoms with van der Waals surface area (Å²) < 4.78 is 6.28. The number of tetrazole rings is 1. The Bertz CT molecular complexity index is 564. The van der Waals surface area contributed by atoms with Crippen LogP contribution in [0.5, 0.6) is 5.75 Å². The van der Waals surface area contributed by atoms with E-state index in [9.17, 15) is 4.79 Å². The van der Waals surface area contributed by atoms with Gasteiger partial charge in [0.05, 0.1) is 7.11 Å². The van der Waals surface area contributed by atoms with Crippen LogP contribution in [0.3, 0.4) is 0 Å². The summed E-state index contributed by atoms with van der Waals surface area (Å²) in [5, 5.41) is 19.4. The first-order valence-electron chi connectivity index (χ1n) is 4.80. The van der Waals surface area contributed by atoms with Crippen molar-refractivity contribution in [3.63, 3.8) is 0 Å². The van der Waals surface area contributed by atoms with Crippen molar-refractivity contribution in [1.82, 2.24) is 20.2 Å². The Kier molecular flexibility index (Phi) is 2.73. The predicted molar refractivity (Wildman–Crippen MR) is 57.4 cm³/mol. The summed E-state index contributed by atoms with van der Waals surface area (Å²) in [6.07, 6.45) is 0. The van der Waals surface area contributed by atoms with Crippen LogP contribution in [-0.2, 0) is 0 Å².